The number of nitrogens with zero attached hydrogens (tertiary/aromatic N) is 1. The van der Waals surface area contributed by atoms with E-state index in [4.69, 9.17) is 0 Å². The molecule has 1 aliphatic rings. The van der Waals surface area contributed by atoms with Crippen molar-refractivity contribution in [1.29, 1.82) is 0 Å². The molecule has 0 saturated carbocycles. The standard InChI is InChI=1S/C14H19N3O2S/c1-2-6-17-7-5-15-12(14(17)19)9-13(18)16-10-11-4-3-8-20-11/h2-4,8,12,15H,1,5-7,9-10H2,(H,16,18). The average molecular weight is 293 g/mol. The molecule has 0 bridgehead atoms. The van der Waals surface area contributed by atoms with Crippen LogP contribution in [0, 0.1) is 0 Å². The first kappa shape index (κ1) is 14.7. The normalized spacial score (nSPS) is 18.9. The van der Waals surface area contributed by atoms with Gasteiger partial charge < -0.3 is 15.5 Å². The second-order valence-corrected chi connectivity index (χ2v) is 5.67. The Morgan fingerprint density at radius 3 is 3.20 bits per heavy atom. The smallest absolute Gasteiger partial charge is 0.240 e. The highest BCUT2D eigenvalue weighted by atomic mass is 32.1. The first-order valence-electron chi connectivity index (χ1n) is 6.63. The molecular weight excluding hydrogens is 274 g/mol. The van der Waals surface area contributed by atoms with E-state index < -0.39 is 6.04 Å². The number of carbonyl (C=O) groups excluding carboxylic acids is 2. The summed E-state index contributed by atoms with van der Waals surface area (Å²) >= 11 is 1.60. The van der Waals surface area contributed by atoms with Crippen LogP contribution in [0.4, 0.5) is 0 Å². The Labute approximate surface area is 122 Å². The fraction of sp³-hybridized carbons (Fsp3) is 0.429. The molecule has 0 aliphatic carbocycles. The molecule has 1 fully saturated rings. The third-order valence-corrected chi connectivity index (χ3v) is 4.04. The van der Waals surface area contributed by atoms with E-state index in [0.29, 0.717) is 26.2 Å². The predicted molar refractivity (Wildman–Crippen MR) is 79.4 cm³/mol. The van der Waals surface area contributed by atoms with Crippen LogP contribution in [0.2, 0.25) is 0 Å². The second-order valence-electron chi connectivity index (χ2n) is 4.64. The van der Waals surface area contributed by atoms with Gasteiger partial charge in [0.15, 0.2) is 0 Å². The topological polar surface area (TPSA) is 61.4 Å². The lowest BCUT2D eigenvalue weighted by molar-refractivity contribution is -0.137. The highest BCUT2D eigenvalue weighted by Crippen LogP contribution is 2.08. The molecule has 2 N–H and O–H groups in total. The van der Waals surface area contributed by atoms with Crippen LogP contribution in [0.3, 0.4) is 0 Å². The fourth-order valence-electron chi connectivity index (χ4n) is 2.14. The second kappa shape index (κ2) is 7.21. The quantitative estimate of drug-likeness (QED) is 0.761. The molecule has 2 rings (SSSR count). The summed E-state index contributed by atoms with van der Waals surface area (Å²) in [5.74, 6) is -0.132. The van der Waals surface area contributed by atoms with Crippen molar-refractivity contribution in [1.82, 2.24) is 15.5 Å². The molecule has 1 aromatic rings. The Hall–Kier alpha value is -1.66. The third kappa shape index (κ3) is 3.91. The molecule has 0 aromatic carbocycles. The molecule has 2 amide bonds. The minimum absolute atomic E-state index is 0.0255. The van der Waals surface area contributed by atoms with Gasteiger partial charge >= 0.3 is 0 Å². The van der Waals surface area contributed by atoms with Gasteiger partial charge in [0.25, 0.3) is 0 Å². The molecule has 6 heteroatoms. The molecule has 0 spiro atoms. The van der Waals surface area contributed by atoms with Crippen LogP contribution in [0.5, 0.6) is 0 Å². The minimum atomic E-state index is -0.424. The van der Waals surface area contributed by atoms with Gasteiger partial charge in [-0.2, -0.15) is 0 Å². The first-order chi connectivity index (χ1) is 9.70. The van der Waals surface area contributed by atoms with Crippen LogP contribution in [-0.2, 0) is 16.1 Å². The summed E-state index contributed by atoms with van der Waals surface area (Å²) in [6.45, 7) is 6.07. The van der Waals surface area contributed by atoms with E-state index in [-0.39, 0.29) is 18.2 Å². The van der Waals surface area contributed by atoms with Crippen LogP contribution >= 0.6 is 11.3 Å². The summed E-state index contributed by atoms with van der Waals surface area (Å²) < 4.78 is 0. The predicted octanol–water partition coefficient (Wildman–Crippen LogP) is 0.741. The van der Waals surface area contributed by atoms with E-state index in [1.165, 1.54) is 0 Å². The van der Waals surface area contributed by atoms with Gasteiger partial charge in [-0.1, -0.05) is 12.1 Å². The van der Waals surface area contributed by atoms with Gasteiger partial charge in [-0.15, -0.1) is 17.9 Å². The van der Waals surface area contributed by atoms with Gasteiger partial charge in [0.2, 0.25) is 11.8 Å². The molecule has 1 atom stereocenters. The van der Waals surface area contributed by atoms with Crippen molar-refractivity contribution in [2.45, 2.75) is 19.0 Å². The first-order valence-corrected chi connectivity index (χ1v) is 7.51. The molecule has 1 aliphatic heterocycles. The summed E-state index contributed by atoms with van der Waals surface area (Å²) in [6.07, 6.45) is 1.88. The number of hydrogen-bond acceptors (Lipinski definition) is 4. The van der Waals surface area contributed by atoms with Crippen LogP contribution in [0.25, 0.3) is 0 Å². The van der Waals surface area contributed by atoms with Crippen LogP contribution in [0.15, 0.2) is 30.2 Å². The lowest BCUT2D eigenvalue weighted by Gasteiger charge is -2.32. The average Bonchev–Trinajstić information content (AvgIpc) is 2.94. The Morgan fingerprint density at radius 1 is 1.65 bits per heavy atom. The lowest BCUT2D eigenvalue weighted by Crippen LogP contribution is -2.56. The summed E-state index contributed by atoms with van der Waals surface area (Å²) in [7, 11) is 0. The molecule has 0 radical (unpaired) electrons. The highest BCUT2D eigenvalue weighted by molar-refractivity contribution is 7.09. The van der Waals surface area contributed by atoms with Crippen molar-refractivity contribution in [2.75, 3.05) is 19.6 Å². The molecule has 1 saturated heterocycles. The van der Waals surface area contributed by atoms with E-state index in [1.807, 2.05) is 17.5 Å². The summed E-state index contributed by atoms with van der Waals surface area (Å²) in [5.41, 5.74) is 0. The molecule has 1 unspecified atom stereocenters. The SMILES string of the molecule is C=CCN1CCNC(CC(=O)NCc2cccs2)C1=O. The number of rotatable bonds is 6. The molecule has 5 nitrogen and oxygen atoms in total. The van der Waals surface area contributed by atoms with E-state index in [1.54, 1.807) is 22.3 Å². The van der Waals surface area contributed by atoms with Crippen LogP contribution in [0.1, 0.15) is 11.3 Å². The number of carbonyl (C=O) groups is 2. The maximum atomic E-state index is 12.1. The monoisotopic (exact) mass is 293 g/mol. The van der Waals surface area contributed by atoms with E-state index >= 15 is 0 Å². The number of piperazine rings is 1. The van der Waals surface area contributed by atoms with E-state index in [0.717, 1.165) is 4.88 Å². The molecule has 20 heavy (non-hydrogen) atoms. The van der Waals surface area contributed by atoms with Crippen molar-refractivity contribution in [3.63, 3.8) is 0 Å². The highest BCUT2D eigenvalue weighted by Gasteiger charge is 2.29. The molecular formula is C14H19N3O2S. The Balaban J connectivity index is 1.80. The zero-order chi connectivity index (χ0) is 14.4. The zero-order valence-corrected chi connectivity index (χ0v) is 12.1. The van der Waals surface area contributed by atoms with Crippen molar-refractivity contribution in [3.8, 4) is 0 Å². The lowest BCUT2D eigenvalue weighted by atomic mass is 10.1. The molecule has 2 heterocycles. The number of nitrogens with one attached hydrogen (secondary N) is 2. The Bertz CT molecular complexity index is 473. The van der Waals surface area contributed by atoms with Gasteiger partial charge in [-0.25, -0.2) is 0 Å². The van der Waals surface area contributed by atoms with Crippen LogP contribution < -0.4 is 10.6 Å². The van der Waals surface area contributed by atoms with Crippen molar-refractivity contribution < 1.29 is 9.59 Å². The Morgan fingerprint density at radius 2 is 2.50 bits per heavy atom. The van der Waals surface area contributed by atoms with Gasteiger partial charge in [-0.05, 0) is 11.4 Å². The summed E-state index contributed by atoms with van der Waals surface area (Å²) in [6, 6.07) is 3.50. The largest absolute Gasteiger partial charge is 0.351 e. The van der Waals surface area contributed by atoms with Gasteiger partial charge in [0.05, 0.1) is 19.0 Å². The number of thiophene rings is 1. The van der Waals surface area contributed by atoms with Crippen LogP contribution in [-0.4, -0.2) is 42.4 Å². The summed E-state index contributed by atoms with van der Waals surface area (Å²) in [5, 5.41) is 7.91. The van der Waals surface area contributed by atoms with Crippen molar-refractivity contribution >= 4 is 23.2 Å². The van der Waals surface area contributed by atoms with Crippen molar-refractivity contribution in [2.24, 2.45) is 0 Å². The fourth-order valence-corrected chi connectivity index (χ4v) is 2.79. The minimum Gasteiger partial charge on any atom is -0.351 e. The van der Waals surface area contributed by atoms with Gasteiger partial charge in [-0.3, -0.25) is 9.59 Å². The zero-order valence-electron chi connectivity index (χ0n) is 11.3. The molecule has 108 valence electrons. The van der Waals surface area contributed by atoms with Crippen molar-refractivity contribution in [3.05, 3.63) is 35.0 Å². The van der Waals surface area contributed by atoms with Gasteiger partial charge in [0.1, 0.15) is 0 Å². The molecule has 1 aromatic heterocycles. The number of amides is 2. The van der Waals surface area contributed by atoms with E-state index in [9.17, 15) is 9.59 Å². The maximum absolute atomic E-state index is 12.1. The number of hydrogen-bond donors (Lipinski definition) is 2. The van der Waals surface area contributed by atoms with Gasteiger partial charge in [0, 0.05) is 24.5 Å². The Kier molecular flexibility index (Phi) is 5.31. The van der Waals surface area contributed by atoms with E-state index in [2.05, 4.69) is 17.2 Å². The third-order valence-electron chi connectivity index (χ3n) is 3.16. The summed E-state index contributed by atoms with van der Waals surface area (Å²) in [4.78, 5) is 26.8. The maximum Gasteiger partial charge on any atom is 0.240 e.